The van der Waals surface area contributed by atoms with Crippen molar-refractivity contribution in [2.24, 2.45) is 5.92 Å². The molecule has 23 heavy (non-hydrogen) atoms. The van der Waals surface area contributed by atoms with Gasteiger partial charge in [0, 0.05) is 16.0 Å². The number of amides is 1. The molecule has 0 bridgehead atoms. The lowest BCUT2D eigenvalue weighted by Crippen LogP contribution is -2.25. The number of anilines is 1. The fourth-order valence-electron chi connectivity index (χ4n) is 3.12. The molecule has 2 aromatic rings. The number of esters is 1. The summed E-state index contributed by atoms with van der Waals surface area (Å²) < 4.78 is 6.16. The molecule has 4 nitrogen and oxygen atoms in total. The van der Waals surface area contributed by atoms with Gasteiger partial charge >= 0.3 is 5.97 Å². The van der Waals surface area contributed by atoms with Gasteiger partial charge in [-0.3, -0.25) is 4.79 Å². The molecule has 1 saturated carbocycles. The van der Waals surface area contributed by atoms with Gasteiger partial charge in [-0.05, 0) is 25.8 Å². The molecule has 1 fully saturated rings. The maximum absolute atomic E-state index is 12.5. The highest BCUT2D eigenvalue weighted by atomic mass is 32.1. The van der Waals surface area contributed by atoms with Crippen LogP contribution in [0.15, 0.2) is 24.3 Å². The summed E-state index contributed by atoms with van der Waals surface area (Å²) in [4.78, 5) is 24.9. The zero-order chi connectivity index (χ0) is 16.2. The molecule has 0 atom stereocenters. The van der Waals surface area contributed by atoms with E-state index in [-0.39, 0.29) is 17.8 Å². The second-order valence-electron chi connectivity index (χ2n) is 5.85. The first-order valence-electron chi connectivity index (χ1n) is 8.20. The number of ether oxygens (including phenoxy) is 1. The Kier molecular flexibility index (Phi) is 4.96. The number of fused-ring (bicyclic) bond motifs is 1. The van der Waals surface area contributed by atoms with Crippen molar-refractivity contribution in [3.05, 3.63) is 29.8 Å². The van der Waals surface area contributed by atoms with E-state index < -0.39 is 0 Å². The van der Waals surface area contributed by atoms with Crippen LogP contribution in [0.25, 0.3) is 10.1 Å². The smallest absolute Gasteiger partial charge is 0.341 e. The third kappa shape index (κ3) is 3.39. The third-order valence-electron chi connectivity index (χ3n) is 4.29. The highest BCUT2D eigenvalue weighted by molar-refractivity contribution is 7.23. The first kappa shape index (κ1) is 16.0. The van der Waals surface area contributed by atoms with E-state index in [1.165, 1.54) is 17.8 Å². The quantitative estimate of drug-likeness (QED) is 0.833. The lowest BCUT2D eigenvalue weighted by molar-refractivity contribution is -0.120. The predicted molar refractivity (Wildman–Crippen MR) is 93.0 cm³/mol. The minimum Gasteiger partial charge on any atom is -0.462 e. The number of carbonyl (C=O) groups is 2. The van der Waals surface area contributed by atoms with Crippen LogP contribution in [0.3, 0.4) is 0 Å². The molecule has 0 aliphatic heterocycles. The Balaban J connectivity index is 1.91. The highest BCUT2D eigenvalue weighted by Gasteiger charge is 2.25. The molecule has 1 aliphatic rings. The summed E-state index contributed by atoms with van der Waals surface area (Å²) in [6, 6.07) is 7.68. The van der Waals surface area contributed by atoms with Crippen LogP contribution >= 0.6 is 11.3 Å². The van der Waals surface area contributed by atoms with Gasteiger partial charge in [-0.15, -0.1) is 11.3 Å². The zero-order valence-corrected chi connectivity index (χ0v) is 14.1. The van der Waals surface area contributed by atoms with Gasteiger partial charge in [0.2, 0.25) is 5.91 Å². The first-order valence-corrected chi connectivity index (χ1v) is 9.02. The van der Waals surface area contributed by atoms with Crippen molar-refractivity contribution in [2.75, 3.05) is 11.9 Å². The topological polar surface area (TPSA) is 55.4 Å². The van der Waals surface area contributed by atoms with Crippen LogP contribution in [0.1, 0.15) is 49.4 Å². The Bertz CT molecular complexity index is 716. The van der Waals surface area contributed by atoms with E-state index in [9.17, 15) is 9.59 Å². The number of benzene rings is 1. The van der Waals surface area contributed by atoms with Crippen LogP contribution in [-0.4, -0.2) is 18.5 Å². The number of thiophene rings is 1. The van der Waals surface area contributed by atoms with E-state index in [1.807, 2.05) is 24.3 Å². The first-order chi connectivity index (χ1) is 11.2. The second kappa shape index (κ2) is 7.13. The van der Waals surface area contributed by atoms with Crippen LogP contribution in [-0.2, 0) is 9.53 Å². The molecule has 1 N–H and O–H groups in total. The van der Waals surface area contributed by atoms with Gasteiger partial charge in [0.05, 0.1) is 6.61 Å². The largest absolute Gasteiger partial charge is 0.462 e. The molecule has 1 aliphatic carbocycles. The highest BCUT2D eigenvalue weighted by Crippen LogP contribution is 2.37. The second-order valence-corrected chi connectivity index (χ2v) is 6.90. The summed E-state index contributed by atoms with van der Waals surface area (Å²) in [5, 5.41) is 4.44. The van der Waals surface area contributed by atoms with Gasteiger partial charge in [0.1, 0.15) is 10.6 Å². The van der Waals surface area contributed by atoms with E-state index in [2.05, 4.69) is 5.32 Å². The van der Waals surface area contributed by atoms with Crippen molar-refractivity contribution in [2.45, 2.75) is 39.0 Å². The van der Waals surface area contributed by atoms with E-state index >= 15 is 0 Å². The number of nitrogens with one attached hydrogen (secondary N) is 1. The minimum atomic E-state index is -0.371. The van der Waals surface area contributed by atoms with Gasteiger partial charge in [-0.25, -0.2) is 4.79 Å². The molecule has 122 valence electrons. The zero-order valence-electron chi connectivity index (χ0n) is 13.3. The SMILES string of the molecule is CCOC(=O)c1c(NC(=O)C2CCCCC2)sc2ccccc12. The normalized spacial score (nSPS) is 15.5. The van der Waals surface area contributed by atoms with Crippen LogP contribution in [0.5, 0.6) is 0 Å². The van der Waals surface area contributed by atoms with Crippen LogP contribution in [0.2, 0.25) is 0 Å². The molecule has 1 amide bonds. The number of rotatable bonds is 4. The van der Waals surface area contributed by atoms with Crippen LogP contribution in [0, 0.1) is 5.92 Å². The van der Waals surface area contributed by atoms with Crippen molar-refractivity contribution in [3.63, 3.8) is 0 Å². The average molecular weight is 331 g/mol. The molecule has 0 radical (unpaired) electrons. The van der Waals surface area contributed by atoms with Gasteiger partial charge in [-0.2, -0.15) is 0 Å². The van der Waals surface area contributed by atoms with Gasteiger partial charge < -0.3 is 10.1 Å². The Hall–Kier alpha value is -1.88. The molecule has 0 saturated heterocycles. The monoisotopic (exact) mass is 331 g/mol. The van der Waals surface area contributed by atoms with Crippen molar-refractivity contribution >= 4 is 38.3 Å². The Morgan fingerprint density at radius 1 is 1.22 bits per heavy atom. The fraction of sp³-hybridized carbons (Fsp3) is 0.444. The minimum absolute atomic E-state index is 0.0294. The van der Waals surface area contributed by atoms with E-state index in [1.54, 1.807) is 6.92 Å². The molecule has 0 spiro atoms. The van der Waals surface area contributed by atoms with Crippen LogP contribution in [0.4, 0.5) is 5.00 Å². The summed E-state index contributed by atoms with van der Waals surface area (Å²) in [7, 11) is 0. The standard InChI is InChI=1S/C18H21NO3S/c1-2-22-18(21)15-13-10-6-7-11-14(13)23-17(15)19-16(20)12-8-4-3-5-9-12/h6-7,10-12H,2-5,8-9H2,1H3,(H,19,20). The number of hydrogen-bond donors (Lipinski definition) is 1. The maximum atomic E-state index is 12.5. The maximum Gasteiger partial charge on any atom is 0.341 e. The number of hydrogen-bond acceptors (Lipinski definition) is 4. The molecule has 1 aromatic carbocycles. The molecule has 0 unspecified atom stereocenters. The summed E-state index contributed by atoms with van der Waals surface area (Å²) in [6.07, 6.45) is 5.29. The molecule has 3 rings (SSSR count). The fourth-order valence-corrected chi connectivity index (χ4v) is 4.21. The van der Waals surface area contributed by atoms with Crippen LogP contribution < -0.4 is 5.32 Å². The van der Waals surface area contributed by atoms with Gasteiger partial charge in [0.25, 0.3) is 0 Å². The molecule has 1 aromatic heterocycles. The predicted octanol–water partition coefficient (Wildman–Crippen LogP) is 4.60. The summed E-state index contributed by atoms with van der Waals surface area (Å²) >= 11 is 1.44. The molecular weight excluding hydrogens is 310 g/mol. The molecule has 5 heteroatoms. The van der Waals surface area contributed by atoms with Crippen molar-refractivity contribution in [3.8, 4) is 0 Å². The van der Waals surface area contributed by atoms with E-state index in [4.69, 9.17) is 4.74 Å². The summed E-state index contributed by atoms with van der Waals surface area (Å²) in [5.74, 6) is -0.283. The Labute approximate surface area is 139 Å². The Morgan fingerprint density at radius 3 is 2.70 bits per heavy atom. The van der Waals surface area contributed by atoms with Crippen molar-refractivity contribution in [1.82, 2.24) is 0 Å². The van der Waals surface area contributed by atoms with Gasteiger partial charge in [0.15, 0.2) is 0 Å². The Morgan fingerprint density at radius 2 is 1.96 bits per heavy atom. The lowest BCUT2D eigenvalue weighted by Gasteiger charge is -2.20. The van der Waals surface area contributed by atoms with Crippen molar-refractivity contribution < 1.29 is 14.3 Å². The molecule has 1 heterocycles. The summed E-state index contributed by atoms with van der Waals surface area (Å²) in [5.41, 5.74) is 0.483. The van der Waals surface area contributed by atoms with E-state index in [0.29, 0.717) is 17.2 Å². The van der Waals surface area contributed by atoms with E-state index in [0.717, 1.165) is 35.8 Å². The van der Waals surface area contributed by atoms with Gasteiger partial charge in [-0.1, -0.05) is 37.5 Å². The summed E-state index contributed by atoms with van der Waals surface area (Å²) in [6.45, 7) is 2.10. The van der Waals surface area contributed by atoms with Crippen molar-refractivity contribution in [1.29, 1.82) is 0 Å². The third-order valence-corrected chi connectivity index (χ3v) is 5.37. The lowest BCUT2D eigenvalue weighted by atomic mass is 9.89. The average Bonchev–Trinajstić information content (AvgIpc) is 2.93. The molecular formula is C18H21NO3S. The number of carbonyl (C=O) groups excluding carboxylic acids is 2.